The van der Waals surface area contributed by atoms with Crippen LogP contribution in [0.5, 0.6) is 0 Å². The Kier molecular flexibility index (Phi) is 8.85. The van der Waals surface area contributed by atoms with E-state index < -0.39 is 64.7 Å². The minimum absolute atomic E-state index is 0.0667. The van der Waals surface area contributed by atoms with Crippen LogP contribution in [0.25, 0.3) is 11.1 Å². The van der Waals surface area contributed by atoms with Gasteiger partial charge in [-0.15, -0.1) is 0 Å². The van der Waals surface area contributed by atoms with Crippen molar-refractivity contribution < 1.29 is 36.6 Å². The Morgan fingerprint density at radius 3 is 2.37 bits per heavy atom. The molecule has 0 saturated heterocycles. The second kappa shape index (κ2) is 11.9. The average Bonchev–Trinajstić information content (AvgIpc) is 2.92. The van der Waals surface area contributed by atoms with E-state index in [0.717, 1.165) is 29.4 Å². The van der Waals surface area contributed by atoms with Crippen molar-refractivity contribution in [3.05, 3.63) is 94.0 Å². The number of nitrogens with one attached hydrogen (secondary N) is 1. The van der Waals surface area contributed by atoms with Crippen LogP contribution in [-0.2, 0) is 22.3 Å². The monoisotopic (exact) mass is 622 g/mol. The highest BCUT2D eigenvalue weighted by Gasteiger charge is 2.47. The first-order valence-corrected chi connectivity index (χ1v) is 13.5. The molecular formula is C30H28ClF5N4O3. The molecular weight excluding hydrogens is 595 g/mol. The molecule has 2 aromatic carbocycles. The van der Waals surface area contributed by atoms with E-state index in [4.69, 9.17) is 11.6 Å². The lowest BCUT2D eigenvalue weighted by Gasteiger charge is -2.48. The maximum Gasteiger partial charge on any atom is 0.433 e. The van der Waals surface area contributed by atoms with Gasteiger partial charge in [0.1, 0.15) is 17.0 Å². The van der Waals surface area contributed by atoms with Gasteiger partial charge in [0.05, 0.1) is 12.6 Å². The molecule has 0 bridgehead atoms. The Hall–Kier alpha value is -4.03. The van der Waals surface area contributed by atoms with Gasteiger partial charge in [-0.25, -0.2) is 13.8 Å². The number of alkyl halides is 3. The molecule has 7 nitrogen and oxygen atoms in total. The number of rotatable bonds is 6. The fourth-order valence-electron chi connectivity index (χ4n) is 4.96. The van der Waals surface area contributed by atoms with Gasteiger partial charge in [0.25, 0.3) is 11.8 Å². The molecule has 2 N–H and O–H groups in total. The van der Waals surface area contributed by atoms with Crippen molar-refractivity contribution in [2.24, 2.45) is 5.41 Å². The van der Waals surface area contributed by atoms with Crippen molar-refractivity contribution >= 4 is 29.1 Å². The molecule has 228 valence electrons. The number of amides is 2. The number of carbonyl (C=O) groups is 2. The van der Waals surface area contributed by atoms with Crippen molar-refractivity contribution in [3.8, 4) is 11.1 Å². The number of anilines is 1. The first-order chi connectivity index (χ1) is 20.0. The molecule has 4 rings (SSSR count). The second-order valence-corrected chi connectivity index (χ2v) is 11.4. The van der Waals surface area contributed by atoms with Gasteiger partial charge >= 0.3 is 6.18 Å². The predicted octanol–water partition coefficient (Wildman–Crippen LogP) is 7.14. The molecule has 2 amide bonds. The molecule has 0 fully saturated rings. The molecule has 13 heteroatoms. The number of likely N-dealkylation sites (N-methyl/N-ethyl adjacent to an activating group) is 1. The number of carbonyl (C=O) groups excluding carboxylic acids is 2. The summed E-state index contributed by atoms with van der Waals surface area (Å²) in [4.78, 5) is 31.0. The van der Waals surface area contributed by atoms with Crippen LogP contribution < -0.4 is 5.32 Å². The third kappa shape index (κ3) is 6.50. The smallest absolute Gasteiger partial charge is 0.433 e. The van der Waals surface area contributed by atoms with E-state index in [1.54, 1.807) is 27.7 Å². The van der Waals surface area contributed by atoms with Gasteiger partial charge in [-0.2, -0.15) is 13.2 Å². The van der Waals surface area contributed by atoms with Gasteiger partial charge in [0.15, 0.2) is 11.6 Å². The number of halogens is 6. The zero-order valence-corrected chi connectivity index (χ0v) is 24.3. The normalized spacial score (nSPS) is 16.6. The summed E-state index contributed by atoms with van der Waals surface area (Å²) in [6.07, 6.45) is -3.69. The molecule has 2 heterocycles. The van der Waals surface area contributed by atoms with Gasteiger partial charge < -0.3 is 10.4 Å². The number of hydrogen-bond donors (Lipinski definition) is 2. The maximum atomic E-state index is 14.6. The maximum absolute atomic E-state index is 14.6. The lowest BCUT2D eigenvalue weighted by atomic mass is 9.82. The van der Waals surface area contributed by atoms with E-state index in [2.05, 4.69) is 10.3 Å². The van der Waals surface area contributed by atoms with Crippen LogP contribution in [-0.4, -0.2) is 44.5 Å². The third-order valence-electron chi connectivity index (χ3n) is 6.89. The van der Waals surface area contributed by atoms with Crippen LogP contribution in [0.2, 0.25) is 5.02 Å². The minimum atomic E-state index is -4.66. The van der Waals surface area contributed by atoms with Gasteiger partial charge in [0.2, 0.25) is 0 Å². The lowest BCUT2D eigenvalue weighted by Crippen LogP contribution is -2.60. The zero-order valence-electron chi connectivity index (χ0n) is 23.6. The van der Waals surface area contributed by atoms with E-state index in [1.165, 1.54) is 35.3 Å². The average molecular weight is 623 g/mol. The predicted molar refractivity (Wildman–Crippen MR) is 151 cm³/mol. The van der Waals surface area contributed by atoms with Crippen LogP contribution in [0, 0.1) is 17.0 Å². The largest absolute Gasteiger partial charge is 0.509 e. The van der Waals surface area contributed by atoms with Crippen molar-refractivity contribution in [1.29, 1.82) is 0 Å². The Morgan fingerprint density at radius 1 is 1.09 bits per heavy atom. The summed E-state index contributed by atoms with van der Waals surface area (Å²) in [7, 11) is 0. The zero-order chi connectivity index (χ0) is 31.9. The molecule has 1 aromatic heterocycles. The number of aliphatic hydroxyl groups excluding tert-OH is 1. The summed E-state index contributed by atoms with van der Waals surface area (Å²) < 4.78 is 67.8. The molecule has 0 aliphatic carbocycles. The molecule has 1 aliphatic rings. The first kappa shape index (κ1) is 31.9. The van der Waals surface area contributed by atoms with E-state index >= 15 is 0 Å². The summed E-state index contributed by atoms with van der Waals surface area (Å²) >= 11 is 6.14. The van der Waals surface area contributed by atoms with E-state index in [1.807, 2.05) is 0 Å². The van der Waals surface area contributed by atoms with Crippen LogP contribution >= 0.6 is 11.6 Å². The molecule has 43 heavy (non-hydrogen) atoms. The highest BCUT2D eigenvalue weighted by molar-refractivity contribution is 6.31. The number of aliphatic hydroxyl groups is 1. The lowest BCUT2D eigenvalue weighted by molar-refractivity contribution is -0.162. The van der Waals surface area contributed by atoms with Crippen LogP contribution in [0.1, 0.15) is 39.0 Å². The van der Waals surface area contributed by atoms with Gasteiger partial charge in [-0.1, -0.05) is 57.5 Å². The number of hydrogen-bond acceptors (Lipinski definition) is 5. The molecule has 3 aromatic rings. The Morgan fingerprint density at radius 2 is 1.79 bits per heavy atom. The van der Waals surface area contributed by atoms with Crippen LogP contribution in [0.3, 0.4) is 0 Å². The Labute approximate surface area is 249 Å². The third-order valence-corrected chi connectivity index (χ3v) is 7.12. The Balaban J connectivity index is 1.77. The van der Waals surface area contributed by atoms with E-state index in [-0.39, 0.29) is 33.9 Å². The highest BCUT2D eigenvalue weighted by atomic mass is 35.5. The first-order valence-electron chi connectivity index (χ1n) is 13.1. The highest BCUT2D eigenvalue weighted by Crippen LogP contribution is 2.38. The fourth-order valence-corrected chi connectivity index (χ4v) is 5.13. The number of pyridine rings is 1. The van der Waals surface area contributed by atoms with Crippen molar-refractivity contribution in [2.75, 3.05) is 11.9 Å². The summed E-state index contributed by atoms with van der Waals surface area (Å²) in [6.45, 7) is 6.77. The van der Waals surface area contributed by atoms with Gasteiger partial charge in [-0.05, 0) is 35.7 Å². The Bertz CT molecular complexity index is 1590. The van der Waals surface area contributed by atoms with Crippen molar-refractivity contribution in [2.45, 2.75) is 46.5 Å². The topological polar surface area (TPSA) is 85.8 Å². The summed E-state index contributed by atoms with van der Waals surface area (Å²) in [5.74, 6) is -4.78. The summed E-state index contributed by atoms with van der Waals surface area (Å²) in [5.41, 5.74) is -2.18. The van der Waals surface area contributed by atoms with Crippen LogP contribution in [0.4, 0.5) is 27.6 Å². The fraction of sp³-hybridized carbons (Fsp3) is 0.300. The standard InChI is InChI=1S/C30H28ClF5N4O3/c1-5-39-26(29(2,3)4)25(41)23(28(43)40(39)15-17-7-6-8-20(32)24(17)33)27(42)38-21-11-10-18(31)13-19(21)16-9-12-22(37-14-16)30(34,35)36/h6-14,26,41H,5,15H2,1-4H3,(H,38,42). The number of aromatic nitrogens is 1. The van der Waals surface area contributed by atoms with E-state index in [9.17, 15) is 36.6 Å². The number of benzene rings is 2. The minimum Gasteiger partial charge on any atom is -0.509 e. The summed E-state index contributed by atoms with van der Waals surface area (Å²) in [6, 6.07) is 8.75. The number of nitrogens with zero attached hydrogens (tertiary/aromatic N) is 3. The molecule has 0 saturated carbocycles. The van der Waals surface area contributed by atoms with Gasteiger partial charge in [-0.3, -0.25) is 19.6 Å². The molecule has 0 spiro atoms. The quantitative estimate of drug-likeness (QED) is 0.225. The molecule has 1 aliphatic heterocycles. The van der Waals surface area contributed by atoms with Crippen molar-refractivity contribution in [3.63, 3.8) is 0 Å². The SMILES string of the molecule is CCN1C(C(C)(C)C)C(O)=C(C(=O)Nc2ccc(Cl)cc2-c2ccc(C(F)(F)F)nc2)C(=O)N1Cc1cccc(F)c1F. The van der Waals surface area contributed by atoms with Crippen LogP contribution in [0.15, 0.2) is 66.1 Å². The van der Waals surface area contributed by atoms with E-state index in [0.29, 0.717) is 0 Å². The molecule has 1 unspecified atom stereocenters. The summed E-state index contributed by atoms with van der Waals surface area (Å²) in [5, 5.41) is 16.7. The molecule has 0 radical (unpaired) electrons. The second-order valence-electron chi connectivity index (χ2n) is 10.9. The number of hydrazine groups is 1. The van der Waals surface area contributed by atoms with Gasteiger partial charge in [0, 0.05) is 40.1 Å². The molecule has 1 atom stereocenters. The van der Waals surface area contributed by atoms with Crippen molar-refractivity contribution in [1.82, 2.24) is 15.0 Å².